The quantitative estimate of drug-likeness (QED) is 0.387. The van der Waals surface area contributed by atoms with Gasteiger partial charge in [-0.2, -0.15) is 4.98 Å². The number of rotatable bonds is 8. The fourth-order valence-electron chi connectivity index (χ4n) is 4.53. The van der Waals surface area contributed by atoms with Crippen LogP contribution in [0.25, 0.3) is 22.4 Å². The molecular formula is C28H31N5O2. The average molecular weight is 470 g/mol. The van der Waals surface area contributed by atoms with E-state index in [1.807, 2.05) is 30.3 Å². The third-order valence-electron chi connectivity index (χ3n) is 6.56. The van der Waals surface area contributed by atoms with Crippen molar-refractivity contribution in [1.29, 1.82) is 0 Å². The predicted octanol–water partition coefficient (Wildman–Crippen LogP) is 5.09. The molecule has 0 radical (unpaired) electrons. The van der Waals surface area contributed by atoms with E-state index >= 15 is 0 Å². The van der Waals surface area contributed by atoms with E-state index in [2.05, 4.69) is 51.5 Å². The molecule has 0 atom stereocenters. The molecule has 1 fully saturated rings. The van der Waals surface area contributed by atoms with Crippen LogP contribution in [0.2, 0.25) is 0 Å². The molecule has 0 unspecified atom stereocenters. The molecule has 5 rings (SSSR count). The fourth-order valence-corrected chi connectivity index (χ4v) is 4.53. The van der Waals surface area contributed by atoms with Crippen LogP contribution in [0.1, 0.15) is 49.6 Å². The largest absolute Gasteiger partial charge is 0.356 e. The zero-order valence-electron chi connectivity index (χ0n) is 20.2. The van der Waals surface area contributed by atoms with Crippen LogP contribution in [-0.2, 0) is 24.2 Å². The Morgan fingerprint density at radius 3 is 2.46 bits per heavy atom. The highest BCUT2D eigenvalue weighted by Gasteiger charge is 2.23. The van der Waals surface area contributed by atoms with Crippen molar-refractivity contribution in [3.8, 4) is 11.3 Å². The number of piperidine rings is 1. The maximum atomic E-state index is 12.5. The first-order valence-corrected chi connectivity index (χ1v) is 12.5. The number of aryl methyl sites for hydroxylation is 2. The first-order valence-electron chi connectivity index (χ1n) is 12.5. The molecule has 0 bridgehead atoms. The van der Waals surface area contributed by atoms with Crippen molar-refractivity contribution in [2.24, 2.45) is 0 Å². The number of hydrogen-bond acceptors (Lipinski definition) is 6. The molecule has 0 saturated carbocycles. The van der Waals surface area contributed by atoms with Gasteiger partial charge in [-0.15, -0.1) is 0 Å². The summed E-state index contributed by atoms with van der Waals surface area (Å²) < 4.78 is 5.68. The van der Waals surface area contributed by atoms with Gasteiger partial charge in [0.2, 0.25) is 5.91 Å². The highest BCUT2D eigenvalue weighted by Crippen LogP contribution is 2.34. The highest BCUT2D eigenvalue weighted by atomic mass is 16.5. The van der Waals surface area contributed by atoms with Crippen LogP contribution < -0.4 is 10.2 Å². The molecular weight excluding hydrogens is 438 g/mol. The molecule has 0 aliphatic carbocycles. The van der Waals surface area contributed by atoms with Crippen LogP contribution in [0.4, 0.5) is 5.82 Å². The van der Waals surface area contributed by atoms with E-state index in [1.165, 1.54) is 12.0 Å². The first-order chi connectivity index (χ1) is 17.2. The molecule has 1 aliphatic rings. The van der Waals surface area contributed by atoms with Gasteiger partial charge in [0.1, 0.15) is 22.7 Å². The average Bonchev–Trinajstić information content (AvgIpc) is 3.35. The summed E-state index contributed by atoms with van der Waals surface area (Å²) in [6, 6.07) is 18.3. The summed E-state index contributed by atoms with van der Waals surface area (Å²) in [4.78, 5) is 24.4. The topological polar surface area (TPSA) is 84.2 Å². The van der Waals surface area contributed by atoms with Gasteiger partial charge in [0.25, 0.3) is 5.71 Å². The molecule has 1 saturated heterocycles. The van der Waals surface area contributed by atoms with Crippen molar-refractivity contribution in [3.05, 3.63) is 71.5 Å². The maximum absolute atomic E-state index is 12.5. The number of carbonyl (C=O) groups excluding carboxylic acids is 1. The van der Waals surface area contributed by atoms with Crippen molar-refractivity contribution in [3.63, 3.8) is 0 Å². The Labute approximate surface area is 205 Å². The Balaban J connectivity index is 1.34. The summed E-state index contributed by atoms with van der Waals surface area (Å²) in [6.07, 6.45) is 5.27. The molecule has 3 heterocycles. The minimum Gasteiger partial charge on any atom is -0.356 e. The van der Waals surface area contributed by atoms with Crippen molar-refractivity contribution >= 4 is 22.8 Å². The van der Waals surface area contributed by atoms with E-state index in [9.17, 15) is 4.79 Å². The van der Waals surface area contributed by atoms with Crippen LogP contribution in [0.3, 0.4) is 0 Å². The molecule has 2 aromatic heterocycles. The third kappa shape index (κ3) is 5.34. The standard InChI is InChI=1S/C28H31N5O2/c1-2-20-11-13-21(14-12-20)19-29-24(34)16-15-23-30-27(33-17-7-4-8-18-33)25-26(32-35-28(25)31-23)22-9-5-3-6-10-22/h3,5-6,9-14H,2,4,7-8,15-19H2,1H3,(H,29,34). The summed E-state index contributed by atoms with van der Waals surface area (Å²) in [5, 5.41) is 8.20. The van der Waals surface area contributed by atoms with Crippen molar-refractivity contribution in [2.45, 2.75) is 52.0 Å². The smallest absolute Gasteiger partial charge is 0.263 e. The maximum Gasteiger partial charge on any atom is 0.263 e. The van der Waals surface area contributed by atoms with E-state index in [4.69, 9.17) is 9.51 Å². The summed E-state index contributed by atoms with van der Waals surface area (Å²) >= 11 is 0. The number of nitrogens with zero attached hydrogens (tertiary/aromatic N) is 4. The lowest BCUT2D eigenvalue weighted by molar-refractivity contribution is -0.121. The van der Waals surface area contributed by atoms with Crippen molar-refractivity contribution in [2.75, 3.05) is 18.0 Å². The Kier molecular flexibility index (Phi) is 7.02. The van der Waals surface area contributed by atoms with Gasteiger partial charge in [0.15, 0.2) is 0 Å². The number of fused-ring (bicyclic) bond motifs is 1. The lowest BCUT2D eigenvalue weighted by Gasteiger charge is -2.28. The van der Waals surface area contributed by atoms with E-state index < -0.39 is 0 Å². The summed E-state index contributed by atoms with van der Waals surface area (Å²) in [7, 11) is 0. The summed E-state index contributed by atoms with van der Waals surface area (Å²) in [6.45, 7) is 4.54. The molecule has 4 aromatic rings. The van der Waals surface area contributed by atoms with E-state index in [-0.39, 0.29) is 5.91 Å². The molecule has 1 amide bonds. The van der Waals surface area contributed by atoms with Gasteiger partial charge in [-0.1, -0.05) is 66.7 Å². The SMILES string of the molecule is CCc1ccc(CNC(=O)CCc2nc(N3CCCCC3)c3c(-c4ccccc4)noc3n2)cc1. The van der Waals surface area contributed by atoms with Gasteiger partial charge in [-0.3, -0.25) is 4.79 Å². The van der Waals surface area contributed by atoms with Gasteiger partial charge in [-0.25, -0.2) is 4.98 Å². The molecule has 7 heteroatoms. The molecule has 1 N–H and O–H groups in total. The number of aromatic nitrogens is 3. The van der Waals surface area contributed by atoms with Crippen LogP contribution in [0.15, 0.2) is 59.1 Å². The lowest BCUT2D eigenvalue weighted by Crippen LogP contribution is -2.30. The lowest BCUT2D eigenvalue weighted by atomic mass is 10.1. The van der Waals surface area contributed by atoms with Crippen molar-refractivity contribution < 1.29 is 9.32 Å². The molecule has 7 nitrogen and oxygen atoms in total. The normalized spacial score (nSPS) is 13.8. The second-order valence-electron chi connectivity index (χ2n) is 9.04. The number of hydrogen-bond donors (Lipinski definition) is 1. The van der Waals surface area contributed by atoms with Gasteiger partial charge in [0.05, 0.1) is 0 Å². The molecule has 35 heavy (non-hydrogen) atoms. The second kappa shape index (κ2) is 10.7. The van der Waals surface area contributed by atoms with Gasteiger partial charge < -0.3 is 14.7 Å². The zero-order chi connectivity index (χ0) is 24.0. The zero-order valence-corrected chi connectivity index (χ0v) is 20.2. The van der Waals surface area contributed by atoms with E-state index in [0.717, 1.165) is 60.4 Å². The summed E-state index contributed by atoms with van der Waals surface area (Å²) in [5.41, 5.74) is 4.60. The van der Waals surface area contributed by atoms with Crippen molar-refractivity contribution in [1.82, 2.24) is 20.4 Å². The Morgan fingerprint density at radius 1 is 0.971 bits per heavy atom. The van der Waals surface area contributed by atoms with E-state index in [1.54, 1.807) is 0 Å². The van der Waals surface area contributed by atoms with Gasteiger partial charge in [-0.05, 0) is 36.8 Å². The summed E-state index contributed by atoms with van der Waals surface area (Å²) in [5.74, 6) is 1.45. The van der Waals surface area contributed by atoms with Crippen LogP contribution in [0, 0.1) is 0 Å². The number of nitrogens with one attached hydrogen (secondary N) is 1. The van der Waals surface area contributed by atoms with E-state index in [0.29, 0.717) is 30.9 Å². The highest BCUT2D eigenvalue weighted by molar-refractivity contribution is 5.98. The second-order valence-corrected chi connectivity index (χ2v) is 9.04. The number of amides is 1. The predicted molar refractivity (Wildman–Crippen MR) is 137 cm³/mol. The monoisotopic (exact) mass is 469 g/mol. The van der Waals surface area contributed by atoms with Crippen LogP contribution in [-0.4, -0.2) is 34.1 Å². The van der Waals surface area contributed by atoms with Gasteiger partial charge >= 0.3 is 0 Å². The minimum atomic E-state index is -0.0182. The molecule has 2 aromatic carbocycles. The third-order valence-corrected chi connectivity index (χ3v) is 6.56. The Hall–Kier alpha value is -3.74. The molecule has 1 aliphatic heterocycles. The molecule has 0 spiro atoms. The number of benzene rings is 2. The van der Waals surface area contributed by atoms with Gasteiger partial charge in [0, 0.05) is 38.0 Å². The molecule has 180 valence electrons. The first kappa shape index (κ1) is 23.0. The number of carbonyl (C=O) groups is 1. The van der Waals surface area contributed by atoms with Crippen LogP contribution in [0.5, 0.6) is 0 Å². The fraction of sp³-hybridized carbons (Fsp3) is 0.357. The minimum absolute atomic E-state index is 0.0182. The Morgan fingerprint density at radius 2 is 1.71 bits per heavy atom. The number of anilines is 1. The van der Waals surface area contributed by atoms with Crippen LogP contribution >= 0.6 is 0 Å². The Bertz CT molecular complexity index is 1280.